The fourth-order valence-electron chi connectivity index (χ4n) is 2.48. The molecule has 2 rings (SSSR count). The zero-order chi connectivity index (χ0) is 14.4. The second-order valence-electron chi connectivity index (χ2n) is 4.89. The van der Waals surface area contributed by atoms with Crippen LogP contribution in [0.3, 0.4) is 0 Å². The molecule has 1 aliphatic rings. The largest absolute Gasteiger partial charge is 0.497 e. The third kappa shape index (κ3) is 4.79. The van der Waals surface area contributed by atoms with E-state index in [0.717, 1.165) is 30.9 Å². The molecule has 0 aromatic heterocycles. The summed E-state index contributed by atoms with van der Waals surface area (Å²) in [7, 11) is 1.62. The van der Waals surface area contributed by atoms with E-state index in [9.17, 15) is 4.79 Å². The second-order valence-corrected chi connectivity index (χ2v) is 4.89. The topological polar surface area (TPSA) is 64.8 Å². The third-order valence-corrected chi connectivity index (χ3v) is 3.61. The van der Waals surface area contributed by atoms with Gasteiger partial charge in [-0.15, -0.1) is 12.4 Å². The van der Waals surface area contributed by atoms with Crippen LogP contribution < -0.4 is 15.2 Å². The van der Waals surface area contributed by atoms with E-state index in [-0.39, 0.29) is 24.4 Å². The van der Waals surface area contributed by atoms with Crippen LogP contribution in [0.25, 0.3) is 0 Å². The van der Waals surface area contributed by atoms with Crippen LogP contribution in [0.4, 0.5) is 0 Å². The molecule has 1 heterocycles. The van der Waals surface area contributed by atoms with Gasteiger partial charge in [0.15, 0.2) is 0 Å². The molecule has 1 aromatic rings. The predicted molar refractivity (Wildman–Crippen MR) is 84.1 cm³/mol. The molecule has 1 unspecified atom stereocenters. The highest BCUT2D eigenvalue weighted by Crippen LogP contribution is 2.19. The molecule has 1 aliphatic heterocycles. The van der Waals surface area contributed by atoms with E-state index in [1.807, 2.05) is 29.2 Å². The lowest BCUT2D eigenvalue weighted by molar-refractivity contribution is -0.132. The van der Waals surface area contributed by atoms with Crippen LogP contribution in [0, 0.1) is 0 Å². The molecule has 21 heavy (non-hydrogen) atoms. The number of methoxy groups -OCH3 is 1. The molecule has 1 amide bonds. The molecular formula is C15H23ClN2O3. The predicted octanol–water partition coefficient (Wildman–Crippen LogP) is 1.84. The molecule has 0 radical (unpaired) electrons. The lowest BCUT2D eigenvalue weighted by Gasteiger charge is -2.23. The summed E-state index contributed by atoms with van der Waals surface area (Å²) in [5, 5.41) is 0. The van der Waals surface area contributed by atoms with Crippen LogP contribution in [-0.2, 0) is 4.79 Å². The zero-order valence-corrected chi connectivity index (χ0v) is 13.1. The van der Waals surface area contributed by atoms with Crippen molar-refractivity contribution in [3.05, 3.63) is 24.3 Å². The summed E-state index contributed by atoms with van der Waals surface area (Å²) in [6, 6.07) is 7.55. The van der Waals surface area contributed by atoms with Crippen molar-refractivity contribution < 1.29 is 14.3 Å². The average Bonchev–Trinajstić information content (AvgIpc) is 2.96. The first-order chi connectivity index (χ1) is 9.74. The van der Waals surface area contributed by atoms with Gasteiger partial charge < -0.3 is 20.1 Å². The summed E-state index contributed by atoms with van der Waals surface area (Å²) >= 11 is 0. The van der Waals surface area contributed by atoms with Gasteiger partial charge in [-0.25, -0.2) is 0 Å². The fourth-order valence-corrected chi connectivity index (χ4v) is 2.48. The van der Waals surface area contributed by atoms with Crippen molar-refractivity contribution in [1.82, 2.24) is 4.90 Å². The molecule has 0 bridgehead atoms. The number of nitrogens with two attached hydrogens (primary N) is 1. The van der Waals surface area contributed by atoms with E-state index in [2.05, 4.69) is 0 Å². The summed E-state index contributed by atoms with van der Waals surface area (Å²) in [4.78, 5) is 14.0. The Balaban J connectivity index is 0.00000220. The number of hydrogen-bond donors (Lipinski definition) is 1. The minimum absolute atomic E-state index is 0. The molecule has 2 N–H and O–H groups in total. The number of likely N-dealkylation sites (tertiary alicyclic amines) is 1. The number of nitrogens with zero attached hydrogens (tertiary/aromatic N) is 1. The molecule has 0 saturated carbocycles. The van der Waals surface area contributed by atoms with Gasteiger partial charge in [0, 0.05) is 19.1 Å². The lowest BCUT2D eigenvalue weighted by Crippen LogP contribution is -2.40. The third-order valence-electron chi connectivity index (χ3n) is 3.61. The van der Waals surface area contributed by atoms with Crippen molar-refractivity contribution in [2.75, 3.05) is 26.8 Å². The highest BCUT2D eigenvalue weighted by molar-refractivity contribution is 5.85. The molecule has 0 aliphatic carbocycles. The number of carbonyl (C=O) groups excluding carboxylic acids is 1. The average molecular weight is 315 g/mol. The van der Waals surface area contributed by atoms with E-state index >= 15 is 0 Å². The number of benzene rings is 1. The number of amides is 1. The molecule has 118 valence electrons. The molecular weight excluding hydrogens is 292 g/mol. The van der Waals surface area contributed by atoms with Gasteiger partial charge in [-0.3, -0.25) is 4.79 Å². The monoisotopic (exact) mass is 314 g/mol. The van der Waals surface area contributed by atoms with Crippen LogP contribution in [-0.4, -0.2) is 43.7 Å². The Morgan fingerprint density at radius 3 is 2.62 bits per heavy atom. The first-order valence-electron chi connectivity index (χ1n) is 7.01. The van der Waals surface area contributed by atoms with E-state index in [0.29, 0.717) is 19.6 Å². The molecule has 1 fully saturated rings. The maximum Gasteiger partial charge on any atom is 0.226 e. The molecule has 1 saturated heterocycles. The Morgan fingerprint density at radius 2 is 2.00 bits per heavy atom. The summed E-state index contributed by atoms with van der Waals surface area (Å²) in [5.41, 5.74) is 5.67. The minimum atomic E-state index is 0. The van der Waals surface area contributed by atoms with E-state index in [4.69, 9.17) is 15.2 Å². The molecule has 1 atom stereocenters. The smallest absolute Gasteiger partial charge is 0.226 e. The van der Waals surface area contributed by atoms with Crippen LogP contribution in [0.2, 0.25) is 0 Å². The van der Waals surface area contributed by atoms with E-state index in [1.165, 1.54) is 0 Å². The highest BCUT2D eigenvalue weighted by atomic mass is 35.5. The first-order valence-corrected chi connectivity index (χ1v) is 7.01. The van der Waals surface area contributed by atoms with Crippen molar-refractivity contribution in [2.45, 2.75) is 25.3 Å². The summed E-state index contributed by atoms with van der Waals surface area (Å²) in [5.74, 6) is 1.66. The standard InChI is InChI=1S/C15H22N2O3.ClH/c1-19-13-4-6-14(7-5-13)20-10-8-15(18)17-9-2-3-12(17)11-16;/h4-7,12H,2-3,8-11,16H2,1H3;1H. The Bertz CT molecular complexity index is 439. The zero-order valence-electron chi connectivity index (χ0n) is 12.3. The Morgan fingerprint density at radius 1 is 1.33 bits per heavy atom. The van der Waals surface area contributed by atoms with Crippen molar-refractivity contribution >= 4 is 18.3 Å². The van der Waals surface area contributed by atoms with Crippen molar-refractivity contribution in [3.63, 3.8) is 0 Å². The van der Waals surface area contributed by atoms with Gasteiger partial charge in [-0.05, 0) is 37.1 Å². The minimum Gasteiger partial charge on any atom is -0.497 e. The highest BCUT2D eigenvalue weighted by Gasteiger charge is 2.26. The van der Waals surface area contributed by atoms with E-state index < -0.39 is 0 Å². The quantitative estimate of drug-likeness (QED) is 0.870. The summed E-state index contributed by atoms with van der Waals surface area (Å²) in [6.07, 6.45) is 2.46. The van der Waals surface area contributed by atoms with Crippen LogP contribution in [0.5, 0.6) is 11.5 Å². The summed E-state index contributed by atoms with van der Waals surface area (Å²) in [6.45, 7) is 1.76. The Labute approximate surface area is 131 Å². The van der Waals surface area contributed by atoms with Crippen molar-refractivity contribution in [3.8, 4) is 11.5 Å². The number of halogens is 1. The van der Waals surface area contributed by atoms with Gasteiger partial charge in [0.05, 0.1) is 20.1 Å². The van der Waals surface area contributed by atoms with Gasteiger partial charge >= 0.3 is 0 Å². The first kappa shape index (κ1) is 17.6. The number of rotatable bonds is 6. The maximum absolute atomic E-state index is 12.1. The summed E-state index contributed by atoms with van der Waals surface area (Å²) < 4.78 is 10.6. The Hall–Kier alpha value is -1.46. The normalized spacial score (nSPS) is 17.2. The SMILES string of the molecule is COc1ccc(OCCC(=O)N2CCCC2CN)cc1.Cl. The molecule has 0 spiro atoms. The van der Waals surface area contributed by atoms with Gasteiger partial charge in [-0.1, -0.05) is 0 Å². The van der Waals surface area contributed by atoms with Crippen molar-refractivity contribution in [1.29, 1.82) is 0 Å². The molecule has 5 nitrogen and oxygen atoms in total. The van der Waals surface area contributed by atoms with Crippen LogP contribution in [0.15, 0.2) is 24.3 Å². The number of carbonyl (C=O) groups is 1. The van der Waals surface area contributed by atoms with Gasteiger partial charge in [0.1, 0.15) is 11.5 Å². The molecule has 6 heteroatoms. The fraction of sp³-hybridized carbons (Fsp3) is 0.533. The van der Waals surface area contributed by atoms with Gasteiger partial charge in [-0.2, -0.15) is 0 Å². The number of ether oxygens (including phenoxy) is 2. The second kappa shape index (κ2) is 8.74. The lowest BCUT2D eigenvalue weighted by atomic mass is 10.2. The van der Waals surface area contributed by atoms with Gasteiger partial charge in [0.2, 0.25) is 5.91 Å². The Kier molecular flexibility index (Phi) is 7.32. The van der Waals surface area contributed by atoms with Crippen LogP contribution in [0.1, 0.15) is 19.3 Å². The number of hydrogen-bond acceptors (Lipinski definition) is 4. The maximum atomic E-state index is 12.1. The van der Waals surface area contributed by atoms with Gasteiger partial charge in [0.25, 0.3) is 0 Å². The van der Waals surface area contributed by atoms with E-state index in [1.54, 1.807) is 7.11 Å². The van der Waals surface area contributed by atoms with Crippen LogP contribution >= 0.6 is 12.4 Å². The van der Waals surface area contributed by atoms with Crippen molar-refractivity contribution in [2.24, 2.45) is 5.73 Å². The molecule has 1 aromatic carbocycles.